The summed E-state index contributed by atoms with van der Waals surface area (Å²) in [5.74, 6) is 0.969. The van der Waals surface area contributed by atoms with Crippen molar-refractivity contribution in [3.8, 4) is 0 Å². The van der Waals surface area contributed by atoms with Gasteiger partial charge in [0.25, 0.3) is 0 Å². The second-order valence-corrected chi connectivity index (χ2v) is 4.73. The molecule has 0 saturated carbocycles. The standard InChI is InChI=1S/C12H14BrN3O/c1-16-8-7-14-11(16)5-4-10(17)12-9(13)3-2-6-15-12/h2-3,6-8,10,17H,4-5H2,1H3. The van der Waals surface area contributed by atoms with Crippen LogP contribution >= 0.6 is 15.9 Å². The molecule has 5 heteroatoms. The Kier molecular flexibility index (Phi) is 3.91. The number of hydrogen-bond acceptors (Lipinski definition) is 3. The molecule has 0 fully saturated rings. The first-order chi connectivity index (χ1) is 8.18. The normalized spacial score (nSPS) is 12.6. The first-order valence-electron chi connectivity index (χ1n) is 5.43. The molecule has 0 aromatic carbocycles. The summed E-state index contributed by atoms with van der Waals surface area (Å²) >= 11 is 3.39. The van der Waals surface area contributed by atoms with Crippen LogP contribution in [0.2, 0.25) is 0 Å². The number of pyridine rings is 1. The van der Waals surface area contributed by atoms with Gasteiger partial charge in [-0.15, -0.1) is 0 Å². The van der Waals surface area contributed by atoms with E-state index in [-0.39, 0.29) is 0 Å². The fourth-order valence-electron chi connectivity index (χ4n) is 1.68. The van der Waals surface area contributed by atoms with Crippen LogP contribution in [0.3, 0.4) is 0 Å². The smallest absolute Gasteiger partial charge is 0.108 e. The third-order valence-electron chi connectivity index (χ3n) is 2.66. The van der Waals surface area contributed by atoms with Gasteiger partial charge in [-0.05, 0) is 34.5 Å². The summed E-state index contributed by atoms with van der Waals surface area (Å²) in [7, 11) is 1.95. The lowest BCUT2D eigenvalue weighted by Crippen LogP contribution is -2.05. The monoisotopic (exact) mass is 295 g/mol. The fraction of sp³-hybridized carbons (Fsp3) is 0.333. The first kappa shape index (κ1) is 12.3. The van der Waals surface area contributed by atoms with Crippen LogP contribution in [0.4, 0.5) is 0 Å². The minimum absolute atomic E-state index is 0.567. The van der Waals surface area contributed by atoms with Crippen LogP contribution in [-0.2, 0) is 13.5 Å². The highest BCUT2D eigenvalue weighted by Crippen LogP contribution is 2.23. The van der Waals surface area contributed by atoms with Crippen LogP contribution < -0.4 is 0 Å². The van der Waals surface area contributed by atoms with Crippen molar-refractivity contribution in [3.05, 3.63) is 46.7 Å². The van der Waals surface area contributed by atoms with Gasteiger partial charge in [0.1, 0.15) is 5.82 Å². The molecule has 2 rings (SSSR count). The zero-order chi connectivity index (χ0) is 12.3. The molecule has 1 N–H and O–H groups in total. The van der Waals surface area contributed by atoms with Crippen molar-refractivity contribution in [2.24, 2.45) is 7.05 Å². The topological polar surface area (TPSA) is 50.9 Å². The van der Waals surface area contributed by atoms with Gasteiger partial charge >= 0.3 is 0 Å². The number of halogens is 1. The Morgan fingerprint density at radius 2 is 2.24 bits per heavy atom. The van der Waals surface area contributed by atoms with E-state index in [4.69, 9.17) is 0 Å². The van der Waals surface area contributed by atoms with E-state index in [1.807, 2.05) is 29.9 Å². The maximum absolute atomic E-state index is 10.1. The third kappa shape index (κ3) is 2.92. The number of aromatic nitrogens is 3. The number of hydrogen-bond donors (Lipinski definition) is 1. The molecule has 0 aliphatic heterocycles. The van der Waals surface area contributed by atoms with Gasteiger partial charge < -0.3 is 9.67 Å². The average Bonchev–Trinajstić information content (AvgIpc) is 2.72. The molecule has 2 heterocycles. The van der Waals surface area contributed by atoms with Gasteiger partial charge in [0.05, 0.1) is 11.8 Å². The summed E-state index contributed by atoms with van der Waals surface area (Å²) in [6.07, 6.45) is 6.12. The second kappa shape index (κ2) is 5.42. The summed E-state index contributed by atoms with van der Waals surface area (Å²) in [6, 6.07) is 3.71. The van der Waals surface area contributed by atoms with Gasteiger partial charge in [0, 0.05) is 36.5 Å². The Bertz CT molecular complexity index is 498. The highest BCUT2D eigenvalue weighted by Gasteiger charge is 2.13. The third-order valence-corrected chi connectivity index (χ3v) is 3.34. The maximum atomic E-state index is 10.1. The molecule has 0 aliphatic rings. The molecule has 2 aromatic heterocycles. The second-order valence-electron chi connectivity index (χ2n) is 3.88. The van der Waals surface area contributed by atoms with Crippen molar-refractivity contribution in [1.82, 2.24) is 14.5 Å². The zero-order valence-corrected chi connectivity index (χ0v) is 11.1. The average molecular weight is 296 g/mol. The van der Waals surface area contributed by atoms with Gasteiger partial charge in [0.15, 0.2) is 0 Å². The van der Waals surface area contributed by atoms with E-state index >= 15 is 0 Å². The Hall–Kier alpha value is -1.20. The van der Waals surface area contributed by atoms with Gasteiger partial charge in [-0.1, -0.05) is 0 Å². The number of aryl methyl sites for hydroxylation is 2. The molecular formula is C12H14BrN3O. The Morgan fingerprint density at radius 3 is 2.88 bits per heavy atom. The van der Waals surface area contributed by atoms with E-state index < -0.39 is 6.10 Å². The van der Waals surface area contributed by atoms with E-state index in [1.165, 1.54) is 0 Å². The summed E-state index contributed by atoms with van der Waals surface area (Å²) in [6.45, 7) is 0. The SMILES string of the molecule is Cn1ccnc1CCC(O)c1ncccc1Br. The van der Waals surface area contributed by atoms with Crippen LogP contribution in [0.5, 0.6) is 0 Å². The molecule has 0 bridgehead atoms. The Balaban J connectivity index is 2.01. The van der Waals surface area contributed by atoms with E-state index in [0.29, 0.717) is 12.1 Å². The van der Waals surface area contributed by atoms with E-state index in [1.54, 1.807) is 12.4 Å². The summed E-state index contributed by atoms with van der Waals surface area (Å²) < 4.78 is 2.80. The van der Waals surface area contributed by atoms with Gasteiger partial charge in [-0.25, -0.2) is 4.98 Å². The predicted octanol–water partition coefficient (Wildman–Crippen LogP) is 2.24. The molecule has 1 unspecified atom stereocenters. The van der Waals surface area contributed by atoms with Crippen molar-refractivity contribution < 1.29 is 5.11 Å². The lowest BCUT2D eigenvalue weighted by atomic mass is 10.1. The van der Waals surface area contributed by atoms with Gasteiger partial charge in [-0.3, -0.25) is 4.98 Å². The lowest BCUT2D eigenvalue weighted by Gasteiger charge is -2.11. The molecule has 2 aromatic rings. The van der Waals surface area contributed by atoms with E-state index in [0.717, 1.165) is 16.7 Å². The van der Waals surface area contributed by atoms with Crippen LogP contribution in [0.1, 0.15) is 24.0 Å². The minimum atomic E-state index is -0.567. The predicted molar refractivity (Wildman–Crippen MR) is 68.4 cm³/mol. The lowest BCUT2D eigenvalue weighted by molar-refractivity contribution is 0.161. The van der Waals surface area contributed by atoms with E-state index in [9.17, 15) is 5.11 Å². The Morgan fingerprint density at radius 1 is 1.41 bits per heavy atom. The molecule has 0 amide bonds. The van der Waals surface area contributed by atoms with Crippen molar-refractivity contribution >= 4 is 15.9 Å². The summed E-state index contributed by atoms with van der Waals surface area (Å²) in [5.41, 5.74) is 0.682. The van der Waals surface area contributed by atoms with Crippen LogP contribution in [0.15, 0.2) is 35.2 Å². The summed E-state index contributed by atoms with van der Waals surface area (Å²) in [4.78, 5) is 8.40. The molecule has 0 aliphatic carbocycles. The molecule has 1 atom stereocenters. The maximum Gasteiger partial charge on any atom is 0.108 e. The summed E-state index contributed by atoms with van der Waals surface area (Å²) in [5, 5.41) is 10.1. The van der Waals surface area contributed by atoms with Gasteiger partial charge in [0.2, 0.25) is 0 Å². The van der Waals surface area contributed by atoms with E-state index in [2.05, 4.69) is 25.9 Å². The zero-order valence-electron chi connectivity index (χ0n) is 9.55. The minimum Gasteiger partial charge on any atom is -0.387 e. The highest BCUT2D eigenvalue weighted by atomic mass is 79.9. The number of imidazole rings is 1. The molecule has 17 heavy (non-hydrogen) atoms. The quantitative estimate of drug-likeness (QED) is 0.941. The van der Waals surface area contributed by atoms with Crippen molar-refractivity contribution in [3.63, 3.8) is 0 Å². The molecular weight excluding hydrogens is 282 g/mol. The molecule has 90 valence electrons. The molecule has 0 radical (unpaired) electrons. The van der Waals surface area contributed by atoms with Crippen molar-refractivity contribution in [1.29, 1.82) is 0 Å². The largest absolute Gasteiger partial charge is 0.387 e. The number of aliphatic hydroxyl groups excluding tert-OH is 1. The Labute approximate surface area is 108 Å². The van der Waals surface area contributed by atoms with Gasteiger partial charge in [-0.2, -0.15) is 0 Å². The fourth-order valence-corrected chi connectivity index (χ4v) is 2.20. The van der Waals surface area contributed by atoms with Crippen molar-refractivity contribution in [2.75, 3.05) is 0 Å². The number of nitrogens with zero attached hydrogens (tertiary/aromatic N) is 3. The van der Waals surface area contributed by atoms with Crippen LogP contribution in [-0.4, -0.2) is 19.6 Å². The van der Waals surface area contributed by atoms with Crippen LogP contribution in [0, 0.1) is 0 Å². The number of aliphatic hydroxyl groups is 1. The van der Waals surface area contributed by atoms with Crippen molar-refractivity contribution in [2.45, 2.75) is 18.9 Å². The first-order valence-corrected chi connectivity index (χ1v) is 6.22. The molecule has 4 nitrogen and oxygen atoms in total. The molecule has 0 spiro atoms. The van der Waals surface area contributed by atoms with Crippen LogP contribution in [0.25, 0.3) is 0 Å². The highest BCUT2D eigenvalue weighted by molar-refractivity contribution is 9.10. The number of rotatable bonds is 4. The molecule has 0 saturated heterocycles.